The summed E-state index contributed by atoms with van der Waals surface area (Å²) in [5.74, 6) is -0.115. The first-order valence-electron chi connectivity index (χ1n) is 8.83. The van der Waals surface area contributed by atoms with Crippen LogP contribution in [0.4, 0.5) is 8.78 Å². The second kappa shape index (κ2) is 7.21. The standard InChI is InChI=1S/C20H17F2N5O3/c1-27-18(28)20(26-19(27)23,12-3-4-24-15(8-12)17(21)22)13-5-11(6-14(7-13)29-2)16-9-30-10-25-16/h3-10,17H,1-2H3,(H2,23,26). The van der Waals surface area contributed by atoms with Crippen LogP contribution in [0.1, 0.15) is 23.2 Å². The summed E-state index contributed by atoms with van der Waals surface area (Å²) in [5.41, 5.74) is 5.49. The Kier molecular flexibility index (Phi) is 4.69. The third-order valence-corrected chi connectivity index (χ3v) is 4.95. The van der Waals surface area contributed by atoms with E-state index in [0.29, 0.717) is 22.6 Å². The number of aromatic nitrogens is 2. The van der Waals surface area contributed by atoms with Gasteiger partial charge < -0.3 is 14.9 Å². The second-order valence-corrected chi connectivity index (χ2v) is 6.64. The normalized spacial score (nSPS) is 18.8. The molecule has 8 nitrogen and oxygen atoms in total. The van der Waals surface area contributed by atoms with E-state index in [9.17, 15) is 13.6 Å². The lowest BCUT2D eigenvalue weighted by molar-refractivity contribution is -0.129. The highest BCUT2D eigenvalue weighted by molar-refractivity contribution is 6.09. The molecule has 10 heteroatoms. The molecule has 2 aromatic heterocycles. The average molecular weight is 413 g/mol. The Hall–Kier alpha value is -3.82. The molecule has 0 saturated heterocycles. The first-order valence-corrected chi connectivity index (χ1v) is 8.83. The summed E-state index contributed by atoms with van der Waals surface area (Å²) >= 11 is 0. The molecule has 4 rings (SSSR count). The molecule has 0 fully saturated rings. The molecule has 0 saturated carbocycles. The topological polar surface area (TPSA) is 107 Å². The molecule has 0 bridgehead atoms. The minimum absolute atomic E-state index is 0.0405. The van der Waals surface area contributed by atoms with Crippen molar-refractivity contribution in [3.05, 3.63) is 66.0 Å². The van der Waals surface area contributed by atoms with Crippen molar-refractivity contribution in [2.75, 3.05) is 14.2 Å². The van der Waals surface area contributed by atoms with Crippen LogP contribution in [0.15, 0.2) is 58.6 Å². The number of ether oxygens (including phenoxy) is 1. The quantitative estimate of drug-likeness (QED) is 0.689. The van der Waals surface area contributed by atoms with Crippen molar-refractivity contribution in [3.63, 3.8) is 0 Å². The first-order chi connectivity index (χ1) is 14.4. The molecule has 0 radical (unpaired) electrons. The van der Waals surface area contributed by atoms with Crippen LogP contribution < -0.4 is 10.5 Å². The molecule has 3 heterocycles. The van der Waals surface area contributed by atoms with Crippen molar-refractivity contribution in [1.29, 1.82) is 0 Å². The van der Waals surface area contributed by atoms with E-state index in [1.807, 2.05) is 0 Å². The molecule has 1 unspecified atom stereocenters. The van der Waals surface area contributed by atoms with E-state index in [4.69, 9.17) is 14.9 Å². The largest absolute Gasteiger partial charge is 0.497 e. The third-order valence-electron chi connectivity index (χ3n) is 4.95. The van der Waals surface area contributed by atoms with Crippen LogP contribution in [0.2, 0.25) is 0 Å². The summed E-state index contributed by atoms with van der Waals surface area (Å²) in [5, 5.41) is 0. The van der Waals surface area contributed by atoms with Crippen molar-refractivity contribution < 1.29 is 22.7 Å². The Labute approximate surface area is 170 Å². The predicted octanol–water partition coefficient (Wildman–Crippen LogP) is 2.71. The van der Waals surface area contributed by atoms with E-state index >= 15 is 0 Å². The van der Waals surface area contributed by atoms with Gasteiger partial charge in [-0.2, -0.15) is 0 Å². The van der Waals surface area contributed by atoms with Crippen LogP contribution in [-0.4, -0.2) is 40.9 Å². The molecule has 154 valence electrons. The maximum absolute atomic E-state index is 13.4. The maximum atomic E-state index is 13.4. The fourth-order valence-electron chi connectivity index (χ4n) is 3.41. The van der Waals surface area contributed by atoms with E-state index in [-0.39, 0.29) is 11.5 Å². The zero-order valence-electron chi connectivity index (χ0n) is 16.0. The molecule has 1 aliphatic heterocycles. The Morgan fingerprint density at radius 2 is 2.00 bits per heavy atom. The molecule has 0 spiro atoms. The van der Waals surface area contributed by atoms with E-state index in [1.54, 1.807) is 18.2 Å². The van der Waals surface area contributed by atoms with Crippen molar-refractivity contribution in [3.8, 4) is 17.0 Å². The minimum Gasteiger partial charge on any atom is -0.497 e. The van der Waals surface area contributed by atoms with Gasteiger partial charge in [-0.3, -0.25) is 14.7 Å². The van der Waals surface area contributed by atoms with Gasteiger partial charge in [0.2, 0.25) is 0 Å². The number of benzene rings is 1. The Morgan fingerprint density at radius 1 is 1.20 bits per heavy atom. The number of carbonyl (C=O) groups excluding carboxylic acids is 1. The van der Waals surface area contributed by atoms with Gasteiger partial charge in [0.25, 0.3) is 12.3 Å². The number of rotatable bonds is 5. The number of amides is 1. The molecule has 1 amide bonds. The highest BCUT2D eigenvalue weighted by Gasteiger charge is 2.50. The molecule has 2 N–H and O–H groups in total. The number of nitrogens with zero attached hydrogens (tertiary/aromatic N) is 4. The van der Waals surface area contributed by atoms with Gasteiger partial charge in [0.1, 0.15) is 23.4 Å². The second-order valence-electron chi connectivity index (χ2n) is 6.64. The molecular formula is C20H17F2N5O3. The Morgan fingerprint density at radius 3 is 2.60 bits per heavy atom. The number of nitrogens with two attached hydrogens (primary N) is 1. The van der Waals surface area contributed by atoms with Gasteiger partial charge in [-0.25, -0.2) is 18.8 Å². The number of alkyl halides is 2. The predicted molar refractivity (Wildman–Crippen MR) is 103 cm³/mol. The molecule has 30 heavy (non-hydrogen) atoms. The summed E-state index contributed by atoms with van der Waals surface area (Å²) in [6.07, 6.45) is 1.11. The average Bonchev–Trinajstić information content (AvgIpc) is 3.37. The van der Waals surface area contributed by atoms with Crippen LogP contribution in [0.5, 0.6) is 5.75 Å². The molecule has 3 aromatic rings. The molecule has 1 aromatic carbocycles. The number of halogens is 2. The number of pyridine rings is 1. The van der Waals surface area contributed by atoms with E-state index in [1.165, 1.54) is 44.0 Å². The number of oxazole rings is 1. The fourth-order valence-corrected chi connectivity index (χ4v) is 3.41. The molecule has 0 aliphatic carbocycles. The zero-order valence-corrected chi connectivity index (χ0v) is 16.0. The monoisotopic (exact) mass is 413 g/mol. The number of likely N-dealkylation sites (N-methyl/N-ethyl adjacent to an activating group) is 1. The zero-order chi connectivity index (χ0) is 21.5. The van der Waals surface area contributed by atoms with Gasteiger partial charge in [-0.15, -0.1) is 0 Å². The van der Waals surface area contributed by atoms with E-state index in [2.05, 4.69) is 15.0 Å². The number of aliphatic imine (C=N–C) groups is 1. The van der Waals surface area contributed by atoms with Gasteiger partial charge in [-0.05, 0) is 41.5 Å². The maximum Gasteiger partial charge on any atom is 0.280 e. The van der Waals surface area contributed by atoms with Crippen molar-refractivity contribution in [2.45, 2.75) is 12.0 Å². The van der Waals surface area contributed by atoms with Gasteiger partial charge in [0.05, 0.1) is 7.11 Å². The summed E-state index contributed by atoms with van der Waals surface area (Å²) in [7, 11) is 2.94. The fraction of sp³-hybridized carbons (Fsp3) is 0.200. The van der Waals surface area contributed by atoms with E-state index < -0.39 is 23.6 Å². The number of carbonyl (C=O) groups is 1. The number of guanidine groups is 1. The number of hydrogen-bond acceptors (Lipinski definition) is 7. The summed E-state index contributed by atoms with van der Waals surface area (Å²) in [4.78, 5) is 26.8. The van der Waals surface area contributed by atoms with Gasteiger partial charge in [0, 0.05) is 18.8 Å². The molecule has 1 aliphatic rings. The van der Waals surface area contributed by atoms with Crippen LogP contribution in [-0.2, 0) is 10.3 Å². The van der Waals surface area contributed by atoms with Crippen LogP contribution in [0.3, 0.4) is 0 Å². The lowest BCUT2D eigenvalue weighted by Gasteiger charge is -2.27. The van der Waals surface area contributed by atoms with Crippen molar-refractivity contribution in [1.82, 2.24) is 14.9 Å². The summed E-state index contributed by atoms with van der Waals surface area (Å²) in [6, 6.07) is 7.63. The third kappa shape index (κ3) is 2.97. The lowest BCUT2D eigenvalue weighted by atomic mass is 9.82. The SMILES string of the molecule is COc1cc(-c2cocn2)cc(C2(c3ccnc(C(F)F)c3)N=C(N)N(C)C2=O)c1. The lowest BCUT2D eigenvalue weighted by Crippen LogP contribution is -2.41. The Balaban J connectivity index is 2.01. The highest BCUT2D eigenvalue weighted by Crippen LogP contribution is 2.42. The minimum atomic E-state index is -2.81. The molecular weight excluding hydrogens is 396 g/mol. The summed E-state index contributed by atoms with van der Waals surface area (Å²) in [6.45, 7) is 0. The number of methoxy groups -OCH3 is 1. The number of hydrogen-bond donors (Lipinski definition) is 1. The molecule has 1 atom stereocenters. The Bertz CT molecular complexity index is 1130. The van der Waals surface area contributed by atoms with Gasteiger partial charge >= 0.3 is 0 Å². The summed E-state index contributed by atoms with van der Waals surface area (Å²) < 4.78 is 37.1. The van der Waals surface area contributed by atoms with Crippen LogP contribution in [0, 0.1) is 0 Å². The van der Waals surface area contributed by atoms with Crippen molar-refractivity contribution in [2.24, 2.45) is 10.7 Å². The smallest absolute Gasteiger partial charge is 0.280 e. The van der Waals surface area contributed by atoms with Gasteiger partial charge in [-0.1, -0.05) is 0 Å². The van der Waals surface area contributed by atoms with E-state index in [0.717, 1.165) is 6.07 Å². The van der Waals surface area contributed by atoms with Crippen molar-refractivity contribution >= 4 is 11.9 Å². The highest BCUT2D eigenvalue weighted by atomic mass is 19.3. The van der Waals surface area contributed by atoms with Gasteiger partial charge in [0.15, 0.2) is 17.9 Å². The first kappa shape index (κ1) is 19.5. The van der Waals surface area contributed by atoms with Crippen LogP contribution >= 0.6 is 0 Å². The van der Waals surface area contributed by atoms with Crippen LogP contribution in [0.25, 0.3) is 11.3 Å².